The number of methoxy groups -OCH3 is 1. The van der Waals surface area contributed by atoms with Gasteiger partial charge in [0.15, 0.2) is 5.56 Å². The zero-order valence-electron chi connectivity index (χ0n) is 10.8. The number of benzene rings is 1. The molecule has 0 saturated carbocycles. The highest BCUT2D eigenvalue weighted by atomic mass is 16.5. The van der Waals surface area contributed by atoms with Crippen molar-refractivity contribution in [2.75, 3.05) is 7.11 Å². The molecule has 0 bridgehead atoms. The summed E-state index contributed by atoms with van der Waals surface area (Å²) in [4.78, 5) is 22.7. The standard InChI is InChI=1S/C13H14N2O4/c1-6-4-7(2)11(19-3)8(5-6)10-9(13(17)18)12(16)15-14-10/h4-5H,1-3H3,(H,17,18)(H2,14,15,16). The van der Waals surface area contributed by atoms with E-state index in [2.05, 4.69) is 10.2 Å². The minimum atomic E-state index is -1.28. The largest absolute Gasteiger partial charge is 0.496 e. The number of aromatic carboxylic acids is 1. The number of aromatic nitrogens is 2. The Labute approximate surface area is 109 Å². The van der Waals surface area contributed by atoms with Crippen LogP contribution in [0.1, 0.15) is 21.5 Å². The van der Waals surface area contributed by atoms with Crippen LogP contribution in [0, 0.1) is 13.8 Å². The lowest BCUT2D eigenvalue weighted by atomic mass is 10.0. The summed E-state index contributed by atoms with van der Waals surface area (Å²) >= 11 is 0. The molecule has 6 heteroatoms. The van der Waals surface area contributed by atoms with Crippen LogP contribution >= 0.6 is 0 Å². The minimum absolute atomic E-state index is 0.223. The second-order valence-electron chi connectivity index (χ2n) is 4.30. The van der Waals surface area contributed by atoms with Gasteiger partial charge in [-0.3, -0.25) is 15.0 Å². The van der Waals surface area contributed by atoms with E-state index in [4.69, 9.17) is 9.84 Å². The van der Waals surface area contributed by atoms with E-state index >= 15 is 0 Å². The summed E-state index contributed by atoms with van der Waals surface area (Å²) in [6.45, 7) is 3.75. The van der Waals surface area contributed by atoms with Crippen molar-refractivity contribution in [1.82, 2.24) is 10.2 Å². The molecular formula is C13H14N2O4. The third-order valence-corrected chi connectivity index (χ3v) is 2.88. The molecule has 0 unspecified atom stereocenters. The maximum absolute atomic E-state index is 11.5. The summed E-state index contributed by atoms with van der Waals surface area (Å²) in [7, 11) is 1.51. The predicted octanol–water partition coefficient (Wildman–Crippen LogP) is 1.69. The summed E-state index contributed by atoms with van der Waals surface area (Å²) in [5, 5.41) is 14.0. The first-order valence-corrected chi connectivity index (χ1v) is 5.65. The van der Waals surface area contributed by atoms with Crippen LogP contribution in [0.2, 0.25) is 0 Å². The minimum Gasteiger partial charge on any atom is -0.496 e. The predicted molar refractivity (Wildman–Crippen MR) is 69.8 cm³/mol. The van der Waals surface area contributed by atoms with Crippen LogP contribution in [0.15, 0.2) is 16.9 Å². The van der Waals surface area contributed by atoms with Crippen LogP contribution in [0.3, 0.4) is 0 Å². The summed E-state index contributed by atoms with van der Waals surface area (Å²) in [6.07, 6.45) is 0. The number of aryl methyl sites for hydroxylation is 2. The van der Waals surface area contributed by atoms with Crippen LogP contribution in [-0.4, -0.2) is 28.4 Å². The smallest absolute Gasteiger partial charge is 0.343 e. The molecule has 2 aromatic rings. The Kier molecular flexibility index (Phi) is 3.16. The molecule has 1 aromatic heterocycles. The molecule has 1 heterocycles. The van der Waals surface area contributed by atoms with Crippen molar-refractivity contribution < 1.29 is 14.6 Å². The first-order chi connectivity index (χ1) is 8.95. The van der Waals surface area contributed by atoms with Crippen molar-refractivity contribution in [3.05, 3.63) is 39.2 Å². The second-order valence-corrected chi connectivity index (χ2v) is 4.30. The van der Waals surface area contributed by atoms with Crippen molar-refractivity contribution in [2.24, 2.45) is 0 Å². The average Bonchev–Trinajstić information content (AvgIpc) is 2.70. The number of carboxylic acids is 1. The Bertz CT molecular complexity index is 697. The van der Waals surface area contributed by atoms with E-state index in [-0.39, 0.29) is 11.3 Å². The lowest BCUT2D eigenvalue weighted by Crippen LogP contribution is -2.12. The Balaban J connectivity index is 2.79. The number of nitrogens with one attached hydrogen (secondary N) is 2. The van der Waals surface area contributed by atoms with Crippen LogP contribution in [0.5, 0.6) is 5.75 Å². The van der Waals surface area contributed by atoms with Gasteiger partial charge in [-0.25, -0.2) is 4.79 Å². The highest BCUT2D eigenvalue weighted by molar-refractivity contribution is 5.95. The normalized spacial score (nSPS) is 10.5. The van der Waals surface area contributed by atoms with E-state index in [1.807, 2.05) is 19.9 Å². The number of H-pyrrole nitrogens is 2. The topological polar surface area (TPSA) is 95.2 Å². The fourth-order valence-electron chi connectivity index (χ4n) is 2.17. The lowest BCUT2D eigenvalue weighted by Gasteiger charge is -2.12. The van der Waals surface area contributed by atoms with Gasteiger partial charge in [-0.15, -0.1) is 0 Å². The Morgan fingerprint density at radius 2 is 1.95 bits per heavy atom. The van der Waals surface area contributed by atoms with E-state index in [1.165, 1.54) is 7.11 Å². The average molecular weight is 262 g/mol. The third kappa shape index (κ3) is 2.12. The van der Waals surface area contributed by atoms with Crippen LogP contribution in [-0.2, 0) is 0 Å². The SMILES string of the molecule is COc1c(C)cc(C)cc1-c1[nH][nH]c(=O)c1C(=O)O. The van der Waals surface area contributed by atoms with Gasteiger partial charge in [0.25, 0.3) is 5.56 Å². The molecule has 0 fully saturated rings. The number of carbonyl (C=O) groups is 1. The molecule has 0 aliphatic heterocycles. The van der Waals surface area contributed by atoms with E-state index in [0.717, 1.165) is 11.1 Å². The van der Waals surface area contributed by atoms with Gasteiger partial charge in [0.1, 0.15) is 5.75 Å². The molecular weight excluding hydrogens is 248 g/mol. The molecule has 0 amide bonds. The maximum atomic E-state index is 11.5. The first kappa shape index (κ1) is 12.9. The van der Waals surface area contributed by atoms with Gasteiger partial charge in [0, 0.05) is 5.56 Å². The molecule has 1 aromatic carbocycles. The maximum Gasteiger partial charge on any atom is 0.343 e. The number of aromatic amines is 2. The zero-order valence-corrected chi connectivity index (χ0v) is 10.8. The van der Waals surface area contributed by atoms with Gasteiger partial charge in [-0.05, 0) is 31.0 Å². The van der Waals surface area contributed by atoms with E-state index in [0.29, 0.717) is 11.3 Å². The van der Waals surface area contributed by atoms with E-state index < -0.39 is 11.5 Å². The van der Waals surface area contributed by atoms with Gasteiger partial charge >= 0.3 is 5.97 Å². The Morgan fingerprint density at radius 3 is 2.53 bits per heavy atom. The van der Waals surface area contributed by atoms with Crippen LogP contribution in [0.25, 0.3) is 11.3 Å². The van der Waals surface area contributed by atoms with Gasteiger partial charge in [-0.1, -0.05) is 6.07 Å². The van der Waals surface area contributed by atoms with Crippen LogP contribution in [0.4, 0.5) is 0 Å². The summed E-state index contributed by atoms with van der Waals surface area (Å²) < 4.78 is 5.30. The van der Waals surface area contributed by atoms with Gasteiger partial charge < -0.3 is 9.84 Å². The van der Waals surface area contributed by atoms with Crippen molar-refractivity contribution >= 4 is 5.97 Å². The first-order valence-electron chi connectivity index (χ1n) is 5.65. The second kappa shape index (κ2) is 4.64. The van der Waals surface area contributed by atoms with Gasteiger partial charge in [0.05, 0.1) is 12.8 Å². The monoisotopic (exact) mass is 262 g/mol. The molecule has 6 nitrogen and oxygen atoms in total. The summed E-state index contributed by atoms with van der Waals surface area (Å²) in [5.41, 5.74) is 1.62. The molecule has 19 heavy (non-hydrogen) atoms. The van der Waals surface area contributed by atoms with E-state index in [9.17, 15) is 9.59 Å². The molecule has 0 spiro atoms. The molecule has 0 aliphatic rings. The highest BCUT2D eigenvalue weighted by Crippen LogP contribution is 2.33. The van der Waals surface area contributed by atoms with Crippen LogP contribution < -0.4 is 10.3 Å². The third-order valence-electron chi connectivity index (χ3n) is 2.88. The number of hydrogen-bond donors (Lipinski definition) is 3. The van der Waals surface area contributed by atoms with Crippen molar-refractivity contribution in [3.8, 4) is 17.0 Å². The van der Waals surface area contributed by atoms with Gasteiger partial charge in [0.2, 0.25) is 0 Å². The fourth-order valence-corrected chi connectivity index (χ4v) is 2.17. The van der Waals surface area contributed by atoms with Crippen molar-refractivity contribution in [2.45, 2.75) is 13.8 Å². The van der Waals surface area contributed by atoms with E-state index in [1.54, 1.807) is 6.07 Å². The molecule has 0 radical (unpaired) electrons. The molecule has 0 atom stereocenters. The zero-order chi connectivity index (χ0) is 14.2. The fraction of sp³-hybridized carbons (Fsp3) is 0.231. The Morgan fingerprint density at radius 1 is 1.26 bits per heavy atom. The summed E-state index contributed by atoms with van der Waals surface area (Å²) in [6, 6.07) is 3.70. The van der Waals surface area contributed by atoms with Crippen molar-refractivity contribution in [1.29, 1.82) is 0 Å². The van der Waals surface area contributed by atoms with Crippen molar-refractivity contribution in [3.63, 3.8) is 0 Å². The highest BCUT2D eigenvalue weighted by Gasteiger charge is 2.22. The van der Waals surface area contributed by atoms with Gasteiger partial charge in [-0.2, -0.15) is 0 Å². The number of ether oxygens (including phenoxy) is 1. The quantitative estimate of drug-likeness (QED) is 0.784. The molecule has 3 N–H and O–H groups in total. The summed E-state index contributed by atoms with van der Waals surface area (Å²) in [5.74, 6) is -0.734. The molecule has 2 rings (SSSR count). The Hall–Kier alpha value is -2.50. The number of carboxylic acid groups (broad SMARTS) is 1. The molecule has 0 saturated heterocycles. The number of rotatable bonds is 3. The molecule has 0 aliphatic carbocycles. The molecule has 100 valence electrons. The lowest BCUT2D eigenvalue weighted by molar-refractivity contribution is 0.0696. The number of hydrogen-bond acceptors (Lipinski definition) is 3.